The van der Waals surface area contributed by atoms with E-state index in [1.165, 1.54) is 17.5 Å². The van der Waals surface area contributed by atoms with Gasteiger partial charge < -0.3 is 0 Å². The van der Waals surface area contributed by atoms with E-state index in [0.29, 0.717) is 11.8 Å². The number of halogens is 1. The van der Waals surface area contributed by atoms with Crippen LogP contribution in [-0.2, 0) is 0 Å². The summed E-state index contributed by atoms with van der Waals surface area (Å²) >= 11 is 5.99. The van der Waals surface area contributed by atoms with Crippen molar-refractivity contribution in [3.05, 3.63) is 35.4 Å². The van der Waals surface area contributed by atoms with Gasteiger partial charge in [-0.3, -0.25) is 0 Å². The maximum absolute atomic E-state index is 5.99. The highest BCUT2D eigenvalue weighted by Gasteiger charge is 2.11. The smallest absolute Gasteiger partial charge is 0.0292 e. The molecule has 0 spiro atoms. The molecule has 0 bridgehead atoms. The molecular weight excluding hydrogens is 192 g/mol. The van der Waals surface area contributed by atoms with Crippen molar-refractivity contribution >= 4 is 11.6 Å². The van der Waals surface area contributed by atoms with Gasteiger partial charge in [0.15, 0.2) is 0 Å². The summed E-state index contributed by atoms with van der Waals surface area (Å²) in [7, 11) is 0. The Bertz CT molecular complexity index is 261. The molecule has 0 aliphatic rings. The minimum atomic E-state index is 0.511. The van der Waals surface area contributed by atoms with Gasteiger partial charge in [0, 0.05) is 5.88 Å². The first-order valence-electron chi connectivity index (χ1n) is 5.26. The molecule has 1 rings (SSSR count). The number of aryl methyl sites for hydroxylation is 1. The lowest BCUT2D eigenvalue weighted by atomic mass is 9.91. The van der Waals surface area contributed by atoms with E-state index < -0.39 is 0 Å². The van der Waals surface area contributed by atoms with Crippen molar-refractivity contribution in [3.8, 4) is 0 Å². The minimum absolute atomic E-state index is 0.511. The van der Waals surface area contributed by atoms with E-state index >= 15 is 0 Å². The number of hydrogen-bond donors (Lipinski definition) is 0. The Balaban J connectivity index is 2.73. The molecule has 0 aliphatic heterocycles. The summed E-state index contributed by atoms with van der Waals surface area (Å²) in [5.74, 6) is 1.94. The van der Waals surface area contributed by atoms with E-state index in [0.717, 1.165) is 5.88 Å². The lowest BCUT2D eigenvalue weighted by Gasteiger charge is -2.16. The van der Waals surface area contributed by atoms with E-state index in [9.17, 15) is 0 Å². The van der Waals surface area contributed by atoms with Gasteiger partial charge in [-0.15, -0.1) is 11.6 Å². The Labute approximate surface area is 92.3 Å². The second-order valence-electron chi connectivity index (χ2n) is 4.39. The van der Waals surface area contributed by atoms with Crippen molar-refractivity contribution in [2.24, 2.45) is 5.92 Å². The summed E-state index contributed by atoms with van der Waals surface area (Å²) < 4.78 is 0. The summed E-state index contributed by atoms with van der Waals surface area (Å²) in [5.41, 5.74) is 2.69. The van der Waals surface area contributed by atoms with Crippen LogP contribution in [0.1, 0.15) is 37.3 Å². The molecular formula is C13H19Cl. The monoisotopic (exact) mass is 210 g/mol. The standard InChI is InChI=1S/C13H19Cl/c1-10(2)8-13(9-14)12-6-4-11(3)5-7-12/h4-7,10,13H,8-9H2,1-3H3. The van der Waals surface area contributed by atoms with Crippen molar-refractivity contribution in [1.82, 2.24) is 0 Å². The molecule has 78 valence electrons. The molecule has 1 unspecified atom stereocenters. The van der Waals surface area contributed by atoms with Gasteiger partial charge in [-0.2, -0.15) is 0 Å². The van der Waals surface area contributed by atoms with Crippen molar-refractivity contribution < 1.29 is 0 Å². The molecule has 0 N–H and O–H groups in total. The lowest BCUT2D eigenvalue weighted by molar-refractivity contribution is 0.526. The predicted molar refractivity (Wildman–Crippen MR) is 64.1 cm³/mol. The highest BCUT2D eigenvalue weighted by molar-refractivity contribution is 6.18. The first kappa shape index (κ1) is 11.6. The van der Waals surface area contributed by atoms with Gasteiger partial charge in [0.05, 0.1) is 0 Å². The van der Waals surface area contributed by atoms with Gasteiger partial charge in [-0.1, -0.05) is 43.7 Å². The van der Waals surface area contributed by atoms with Crippen LogP contribution >= 0.6 is 11.6 Å². The Morgan fingerprint density at radius 2 is 1.71 bits per heavy atom. The zero-order valence-corrected chi connectivity index (χ0v) is 10.0. The van der Waals surface area contributed by atoms with E-state index in [1.54, 1.807) is 0 Å². The van der Waals surface area contributed by atoms with Crippen LogP contribution in [0.4, 0.5) is 0 Å². The summed E-state index contributed by atoms with van der Waals surface area (Å²) in [5, 5.41) is 0. The fraction of sp³-hybridized carbons (Fsp3) is 0.538. The number of rotatable bonds is 4. The molecule has 0 heterocycles. The van der Waals surface area contributed by atoms with Crippen LogP contribution in [0, 0.1) is 12.8 Å². The van der Waals surface area contributed by atoms with Crippen molar-refractivity contribution in [2.75, 3.05) is 5.88 Å². The molecule has 1 atom stereocenters. The van der Waals surface area contributed by atoms with Gasteiger partial charge in [0.25, 0.3) is 0 Å². The zero-order valence-electron chi connectivity index (χ0n) is 9.26. The summed E-state index contributed by atoms with van der Waals surface area (Å²) in [6, 6.07) is 8.72. The molecule has 1 aromatic rings. The molecule has 0 saturated heterocycles. The van der Waals surface area contributed by atoms with Gasteiger partial charge >= 0.3 is 0 Å². The van der Waals surface area contributed by atoms with Crippen LogP contribution in [0.25, 0.3) is 0 Å². The molecule has 1 heteroatoms. The van der Waals surface area contributed by atoms with E-state index in [1.807, 2.05) is 0 Å². The first-order valence-corrected chi connectivity index (χ1v) is 5.79. The quantitative estimate of drug-likeness (QED) is 0.648. The van der Waals surface area contributed by atoms with Gasteiger partial charge in [0.1, 0.15) is 0 Å². The molecule has 1 aromatic carbocycles. The summed E-state index contributed by atoms with van der Waals surface area (Å²) in [6.07, 6.45) is 1.17. The van der Waals surface area contributed by atoms with Crippen LogP contribution in [0.2, 0.25) is 0 Å². The molecule has 0 aromatic heterocycles. The SMILES string of the molecule is Cc1ccc(C(CCl)CC(C)C)cc1. The van der Waals surface area contributed by atoms with E-state index in [-0.39, 0.29) is 0 Å². The second kappa shape index (κ2) is 5.41. The van der Waals surface area contributed by atoms with E-state index in [2.05, 4.69) is 45.0 Å². The Hall–Kier alpha value is -0.490. The number of hydrogen-bond acceptors (Lipinski definition) is 0. The third-order valence-electron chi connectivity index (χ3n) is 2.49. The maximum atomic E-state index is 5.99. The van der Waals surface area contributed by atoms with Crippen molar-refractivity contribution in [1.29, 1.82) is 0 Å². The van der Waals surface area contributed by atoms with Crippen LogP contribution in [0.3, 0.4) is 0 Å². The Kier molecular flexibility index (Phi) is 4.47. The zero-order chi connectivity index (χ0) is 10.6. The maximum Gasteiger partial charge on any atom is 0.0292 e. The van der Waals surface area contributed by atoms with Crippen LogP contribution in [-0.4, -0.2) is 5.88 Å². The second-order valence-corrected chi connectivity index (χ2v) is 4.70. The molecule has 0 fully saturated rings. The summed E-state index contributed by atoms with van der Waals surface area (Å²) in [4.78, 5) is 0. The van der Waals surface area contributed by atoms with Crippen LogP contribution in [0.5, 0.6) is 0 Å². The summed E-state index contributed by atoms with van der Waals surface area (Å²) in [6.45, 7) is 6.60. The third-order valence-corrected chi connectivity index (χ3v) is 2.86. The number of alkyl halides is 1. The van der Waals surface area contributed by atoms with E-state index in [4.69, 9.17) is 11.6 Å². The van der Waals surface area contributed by atoms with Gasteiger partial charge in [-0.25, -0.2) is 0 Å². The van der Waals surface area contributed by atoms with Gasteiger partial charge in [-0.05, 0) is 30.7 Å². The highest BCUT2D eigenvalue weighted by atomic mass is 35.5. The minimum Gasteiger partial charge on any atom is -0.126 e. The highest BCUT2D eigenvalue weighted by Crippen LogP contribution is 2.25. The normalized spacial score (nSPS) is 13.2. The third kappa shape index (κ3) is 3.34. The molecule has 0 amide bonds. The van der Waals surface area contributed by atoms with Crippen molar-refractivity contribution in [3.63, 3.8) is 0 Å². The Morgan fingerprint density at radius 1 is 1.14 bits per heavy atom. The van der Waals surface area contributed by atoms with Crippen molar-refractivity contribution in [2.45, 2.75) is 33.1 Å². The molecule has 0 aliphatic carbocycles. The molecule has 0 saturated carbocycles. The largest absolute Gasteiger partial charge is 0.126 e. The number of benzene rings is 1. The molecule has 0 nitrogen and oxygen atoms in total. The first-order chi connectivity index (χ1) is 6.63. The predicted octanol–water partition coefficient (Wildman–Crippen LogP) is 4.36. The molecule has 14 heavy (non-hydrogen) atoms. The fourth-order valence-corrected chi connectivity index (χ4v) is 2.00. The fourth-order valence-electron chi connectivity index (χ4n) is 1.70. The molecule has 0 radical (unpaired) electrons. The van der Waals surface area contributed by atoms with Crippen LogP contribution < -0.4 is 0 Å². The Morgan fingerprint density at radius 3 is 2.14 bits per heavy atom. The van der Waals surface area contributed by atoms with Gasteiger partial charge in [0.2, 0.25) is 0 Å². The lowest BCUT2D eigenvalue weighted by Crippen LogP contribution is -2.04. The van der Waals surface area contributed by atoms with Crippen LogP contribution in [0.15, 0.2) is 24.3 Å². The average molecular weight is 211 g/mol. The average Bonchev–Trinajstić information content (AvgIpc) is 2.15. The topological polar surface area (TPSA) is 0 Å².